The normalized spacial score (nSPS) is 11.9. The lowest BCUT2D eigenvalue weighted by molar-refractivity contribution is -0.139. The second-order valence-corrected chi connectivity index (χ2v) is 9.62. The van der Waals surface area contributed by atoms with Crippen LogP contribution in [0.5, 0.6) is 0 Å². The highest BCUT2D eigenvalue weighted by molar-refractivity contribution is 5.99. The molecule has 0 aliphatic carbocycles. The van der Waals surface area contributed by atoms with E-state index >= 15 is 0 Å². The standard InChI is InChI=1S/C29H29N7O3/c1-16-12-17(2)25(18(3)13-16)27(37)31-23(28(38)39)14-19-8-10-20(11-9-19)26-34-24(35-36-26)15-30-29-32-21-6-4-5-7-22(21)33-29/h4-13,23H,14-15H2,1-3H3,(H,31,37)(H,38,39)(H2,30,32,33)(H,34,35,36). The molecule has 5 rings (SSSR count). The molecule has 0 aliphatic rings. The molecule has 3 aromatic carbocycles. The fraction of sp³-hybridized carbons (Fsp3) is 0.207. The Hall–Kier alpha value is -4.99. The van der Waals surface area contributed by atoms with Crippen LogP contribution in [-0.2, 0) is 17.8 Å². The Morgan fingerprint density at radius 2 is 1.67 bits per heavy atom. The fourth-order valence-corrected chi connectivity index (χ4v) is 4.71. The van der Waals surface area contributed by atoms with Gasteiger partial charge in [-0.1, -0.05) is 54.1 Å². The van der Waals surface area contributed by atoms with Crippen LogP contribution < -0.4 is 10.6 Å². The molecule has 10 heteroatoms. The first-order chi connectivity index (χ1) is 18.8. The number of aliphatic carboxylic acids is 1. The zero-order valence-corrected chi connectivity index (χ0v) is 21.9. The van der Waals surface area contributed by atoms with Crippen molar-refractivity contribution in [2.75, 3.05) is 5.32 Å². The number of fused-ring (bicyclic) bond motifs is 1. The summed E-state index contributed by atoms with van der Waals surface area (Å²) < 4.78 is 0. The molecule has 1 atom stereocenters. The molecule has 39 heavy (non-hydrogen) atoms. The number of H-pyrrole nitrogens is 2. The van der Waals surface area contributed by atoms with Crippen molar-refractivity contribution < 1.29 is 14.7 Å². The first-order valence-corrected chi connectivity index (χ1v) is 12.6. The predicted molar refractivity (Wildman–Crippen MR) is 148 cm³/mol. The Kier molecular flexibility index (Phi) is 7.09. The van der Waals surface area contributed by atoms with Crippen LogP contribution in [0.1, 0.15) is 38.4 Å². The molecule has 198 valence electrons. The first kappa shape index (κ1) is 25.7. The van der Waals surface area contributed by atoms with Crippen LogP contribution in [0.3, 0.4) is 0 Å². The van der Waals surface area contributed by atoms with E-state index in [2.05, 4.69) is 35.8 Å². The number of aromatic nitrogens is 5. The second-order valence-electron chi connectivity index (χ2n) is 9.62. The average molecular weight is 524 g/mol. The number of nitrogens with one attached hydrogen (secondary N) is 4. The minimum Gasteiger partial charge on any atom is -0.480 e. The quantitative estimate of drug-likeness (QED) is 0.193. The van der Waals surface area contributed by atoms with Gasteiger partial charge in [0.05, 0.1) is 17.6 Å². The number of rotatable bonds is 9. The van der Waals surface area contributed by atoms with Gasteiger partial charge in [-0.25, -0.2) is 9.78 Å². The summed E-state index contributed by atoms with van der Waals surface area (Å²) in [5.41, 5.74) is 6.61. The van der Waals surface area contributed by atoms with E-state index < -0.39 is 12.0 Å². The van der Waals surface area contributed by atoms with Crippen molar-refractivity contribution in [2.45, 2.75) is 39.8 Å². The smallest absolute Gasteiger partial charge is 0.326 e. The summed E-state index contributed by atoms with van der Waals surface area (Å²) >= 11 is 0. The van der Waals surface area contributed by atoms with Gasteiger partial charge in [-0.15, -0.1) is 10.2 Å². The molecule has 0 saturated heterocycles. The summed E-state index contributed by atoms with van der Waals surface area (Å²) in [6.07, 6.45) is 0.147. The maximum atomic E-state index is 12.9. The van der Waals surface area contributed by atoms with Crippen LogP contribution in [0, 0.1) is 20.8 Å². The van der Waals surface area contributed by atoms with E-state index in [1.54, 1.807) is 0 Å². The van der Waals surface area contributed by atoms with Crippen LogP contribution in [0.4, 0.5) is 5.95 Å². The molecule has 2 heterocycles. The SMILES string of the molecule is Cc1cc(C)c(C(=O)NC(Cc2ccc(-c3nnc(CNc4nc5ccccc5[nH]4)[nH]3)cc2)C(=O)O)c(C)c1. The number of imidazole rings is 1. The number of carboxylic acid groups (broad SMARTS) is 1. The minimum atomic E-state index is -1.09. The molecule has 0 aliphatic heterocycles. The van der Waals surface area contributed by atoms with Crippen LogP contribution in [0.2, 0.25) is 0 Å². The van der Waals surface area contributed by atoms with Crippen molar-refractivity contribution in [3.63, 3.8) is 0 Å². The molecule has 1 amide bonds. The molecular formula is C29H29N7O3. The number of carbonyl (C=O) groups is 2. The number of amides is 1. The first-order valence-electron chi connectivity index (χ1n) is 12.6. The molecule has 0 bridgehead atoms. The molecule has 0 spiro atoms. The average Bonchev–Trinajstić information content (AvgIpc) is 3.54. The molecule has 10 nitrogen and oxygen atoms in total. The van der Waals surface area contributed by atoms with Gasteiger partial charge in [0.2, 0.25) is 5.95 Å². The Bertz CT molecular complexity index is 1600. The fourth-order valence-electron chi connectivity index (χ4n) is 4.71. The van der Waals surface area contributed by atoms with Gasteiger partial charge in [0.25, 0.3) is 5.91 Å². The predicted octanol–water partition coefficient (Wildman–Crippen LogP) is 4.31. The Morgan fingerprint density at radius 1 is 0.949 bits per heavy atom. The van der Waals surface area contributed by atoms with Gasteiger partial charge < -0.3 is 25.7 Å². The lowest BCUT2D eigenvalue weighted by Gasteiger charge is -2.17. The van der Waals surface area contributed by atoms with Gasteiger partial charge in [-0.05, 0) is 49.6 Å². The molecular weight excluding hydrogens is 494 g/mol. The van der Waals surface area contributed by atoms with E-state index in [1.165, 1.54) is 0 Å². The molecule has 0 radical (unpaired) electrons. The highest BCUT2D eigenvalue weighted by Gasteiger charge is 2.23. The molecule has 0 saturated carbocycles. The summed E-state index contributed by atoms with van der Waals surface area (Å²) in [4.78, 5) is 35.8. The topological polar surface area (TPSA) is 149 Å². The number of hydrogen-bond acceptors (Lipinski definition) is 6. The zero-order chi connectivity index (χ0) is 27.5. The highest BCUT2D eigenvalue weighted by Crippen LogP contribution is 2.19. The van der Waals surface area contributed by atoms with Crippen molar-refractivity contribution in [3.8, 4) is 11.4 Å². The summed E-state index contributed by atoms with van der Waals surface area (Å²) in [5.74, 6) is 0.402. The Balaban J connectivity index is 1.22. The van der Waals surface area contributed by atoms with Crippen LogP contribution in [0.25, 0.3) is 22.4 Å². The number of hydrogen-bond donors (Lipinski definition) is 5. The molecule has 1 unspecified atom stereocenters. The van der Waals surface area contributed by atoms with Gasteiger partial charge in [-0.2, -0.15) is 0 Å². The summed E-state index contributed by atoms with van der Waals surface area (Å²) in [6, 6.07) is 17.9. The number of para-hydroxylation sites is 2. The number of aromatic amines is 2. The lowest BCUT2D eigenvalue weighted by Crippen LogP contribution is -2.42. The van der Waals surface area contributed by atoms with E-state index in [1.807, 2.05) is 81.4 Å². The van der Waals surface area contributed by atoms with Crippen molar-refractivity contribution in [1.29, 1.82) is 0 Å². The van der Waals surface area contributed by atoms with Gasteiger partial charge in [0, 0.05) is 17.5 Å². The minimum absolute atomic E-state index is 0.147. The molecule has 5 aromatic rings. The maximum absolute atomic E-state index is 12.9. The molecule has 2 aromatic heterocycles. The van der Waals surface area contributed by atoms with Gasteiger partial charge >= 0.3 is 5.97 Å². The monoisotopic (exact) mass is 523 g/mol. The van der Waals surface area contributed by atoms with E-state index in [-0.39, 0.29) is 12.3 Å². The zero-order valence-electron chi connectivity index (χ0n) is 21.9. The largest absolute Gasteiger partial charge is 0.480 e. The number of benzene rings is 3. The number of carboxylic acids is 1. The number of nitrogens with zero attached hydrogens (tertiary/aromatic N) is 3. The van der Waals surface area contributed by atoms with Gasteiger partial charge in [0.15, 0.2) is 5.82 Å². The summed E-state index contributed by atoms with van der Waals surface area (Å²) in [7, 11) is 0. The van der Waals surface area contributed by atoms with Crippen LogP contribution >= 0.6 is 0 Å². The third-order valence-electron chi connectivity index (χ3n) is 6.52. The number of carbonyl (C=O) groups excluding carboxylic acids is 1. The number of anilines is 1. The second kappa shape index (κ2) is 10.8. The highest BCUT2D eigenvalue weighted by atomic mass is 16.4. The summed E-state index contributed by atoms with van der Waals surface area (Å²) in [6.45, 7) is 6.08. The van der Waals surface area contributed by atoms with E-state index in [9.17, 15) is 14.7 Å². The third kappa shape index (κ3) is 5.80. The Morgan fingerprint density at radius 3 is 2.36 bits per heavy atom. The molecule has 5 N–H and O–H groups in total. The van der Waals surface area contributed by atoms with Crippen LogP contribution in [0.15, 0.2) is 60.7 Å². The van der Waals surface area contributed by atoms with E-state index in [4.69, 9.17) is 0 Å². The molecule has 0 fully saturated rings. The van der Waals surface area contributed by atoms with Gasteiger partial charge in [-0.3, -0.25) is 4.79 Å². The van der Waals surface area contributed by atoms with Crippen LogP contribution in [-0.4, -0.2) is 48.2 Å². The maximum Gasteiger partial charge on any atom is 0.326 e. The van der Waals surface area contributed by atoms with E-state index in [0.717, 1.165) is 38.9 Å². The van der Waals surface area contributed by atoms with Crippen molar-refractivity contribution >= 4 is 28.9 Å². The third-order valence-corrected chi connectivity index (χ3v) is 6.52. The van der Waals surface area contributed by atoms with Crippen molar-refractivity contribution in [1.82, 2.24) is 30.5 Å². The lowest BCUT2D eigenvalue weighted by atomic mass is 9.98. The summed E-state index contributed by atoms with van der Waals surface area (Å²) in [5, 5.41) is 24.1. The van der Waals surface area contributed by atoms with Gasteiger partial charge in [0.1, 0.15) is 11.9 Å². The van der Waals surface area contributed by atoms with Crippen molar-refractivity contribution in [3.05, 3.63) is 94.3 Å². The Labute approximate surface area is 224 Å². The van der Waals surface area contributed by atoms with E-state index in [0.29, 0.717) is 29.7 Å². The van der Waals surface area contributed by atoms with Crippen molar-refractivity contribution in [2.24, 2.45) is 0 Å². The number of aryl methyl sites for hydroxylation is 3.